The van der Waals surface area contributed by atoms with Gasteiger partial charge in [0.25, 0.3) is 0 Å². The average Bonchev–Trinajstić information content (AvgIpc) is 2.35. The summed E-state index contributed by atoms with van der Waals surface area (Å²) < 4.78 is 0. The lowest BCUT2D eigenvalue weighted by molar-refractivity contribution is -0.149. The molecule has 2 N–H and O–H groups in total. The average molecular weight is 226 g/mol. The fourth-order valence-corrected chi connectivity index (χ4v) is 2.05. The van der Waals surface area contributed by atoms with Gasteiger partial charge in [0.15, 0.2) is 0 Å². The van der Waals surface area contributed by atoms with Crippen LogP contribution in [0.3, 0.4) is 0 Å². The summed E-state index contributed by atoms with van der Waals surface area (Å²) in [6, 6.07) is 0. The summed E-state index contributed by atoms with van der Waals surface area (Å²) in [7, 11) is 0. The Bertz CT molecular complexity index is 323. The minimum Gasteiger partial charge on any atom is -0.328 e. The van der Waals surface area contributed by atoms with Crippen LogP contribution in [-0.4, -0.2) is 28.8 Å². The molecule has 1 saturated heterocycles. The minimum atomic E-state index is -0.581. The third-order valence-electron chi connectivity index (χ3n) is 3.79. The Kier molecular flexibility index (Phi) is 3.16. The molecule has 1 aliphatic rings. The molecule has 1 rings (SSSR count). The fourth-order valence-electron chi connectivity index (χ4n) is 2.05. The SMILES string of the molecule is CC(C)C(C)(CN)N1C(=O)CC(C)(C)C1=O. The van der Waals surface area contributed by atoms with Gasteiger partial charge in [0, 0.05) is 13.0 Å². The van der Waals surface area contributed by atoms with Gasteiger partial charge in [-0.15, -0.1) is 0 Å². The van der Waals surface area contributed by atoms with Gasteiger partial charge >= 0.3 is 0 Å². The van der Waals surface area contributed by atoms with E-state index in [4.69, 9.17) is 5.73 Å². The third kappa shape index (κ3) is 1.75. The first-order valence-corrected chi connectivity index (χ1v) is 5.74. The highest BCUT2D eigenvalue weighted by molar-refractivity contribution is 6.06. The van der Waals surface area contributed by atoms with E-state index in [0.717, 1.165) is 0 Å². The van der Waals surface area contributed by atoms with Gasteiger partial charge in [0.05, 0.1) is 11.0 Å². The monoisotopic (exact) mass is 226 g/mol. The van der Waals surface area contributed by atoms with E-state index in [1.165, 1.54) is 4.90 Å². The highest BCUT2D eigenvalue weighted by atomic mass is 16.2. The maximum Gasteiger partial charge on any atom is 0.235 e. The Morgan fingerprint density at radius 1 is 1.44 bits per heavy atom. The van der Waals surface area contributed by atoms with Crippen molar-refractivity contribution in [1.29, 1.82) is 0 Å². The molecule has 0 aromatic heterocycles. The van der Waals surface area contributed by atoms with Crippen molar-refractivity contribution in [3.05, 3.63) is 0 Å². The van der Waals surface area contributed by atoms with Crippen LogP contribution in [-0.2, 0) is 9.59 Å². The Balaban J connectivity index is 3.14. The van der Waals surface area contributed by atoms with E-state index in [1.54, 1.807) is 0 Å². The summed E-state index contributed by atoms with van der Waals surface area (Å²) in [6.45, 7) is 9.78. The van der Waals surface area contributed by atoms with Crippen LogP contribution in [0.1, 0.15) is 41.0 Å². The van der Waals surface area contributed by atoms with Gasteiger partial charge in [-0.2, -0.15) is 0 Å². The first-order chi connectivity index (χ1) is 7.16. The predicted octanol–water partition coefficient (Wildman–Crippen LogP) is 1.14. The number of imide groups is 1. The van der Waals surface area contributed by atoms with Gasteiger partial charge in [-0.3, -0.25) is 14.5 Å². The Morgan fingerprint density at radius 2 is 1.94 bits per heavy atom. The number of likely N-dealkylation sites (tertiary alicyclic amines) is 1. The van der Waals surface area contributed by atoms with E-state index >= 15 is 0 Å². The van der Waals surface area contributed by atoms with Crippen molar-refractivity contribution in [1.82, 2.24) is 4.90 Å². The summed E-state index contributed by atoms with van der Waals surface area (Å²) in [4.78, 5) is 25.5. The van der Waals surface area contributed by atoms with Gasteiger partial charge in [-0.05, 0) is 12.8 Å². The number of carbonyl (C=O) groups is 2. The second kappa shape index (κ2) is 3.84. The minimum absolute atomic E-state index is 0.0980. The molecule has 92 valence electrons. The van der Waals surface area contributed by atoms with Crippen molar-refractivity contribution in [2.24, 2.45) is 17.1 Å². The predicted molar refractivity (Wildman–Crippen MR) is 62.5 cm³/mol. The lowest BCUT2D eigenvalue weighted by Gasteiger charge is -2.40. The maximum absolute atomic E-state index is 12.2. The Morgan fingerprint density at radius 3 is 2.19 bits per heavy atom. The van der Waals surface area contributed by atoms with Crippen LogP contribution in [0.15, 0.2) is 0 Å². The lowest BCUT2D eigenvalue weighted by Crippen LogP contribution is -2.58. The van der Waals surface area contributed by atoms with Crippen LogP contribution in [0.25, 0.3) is 0 Å². The fraction of sp³-hybridized carbons (Fsp3) is 0.833. The van der Waals surface area contributed by atoms with Crippen molar-refractivity contribution >= 4 is 11.8 Å². The highest BCUT2D eigenvalue weighted by Crippen LogP contribution is 2.38. The molecule has 0 bridgehead atoms. The molecule has 4 heteroatoms. The molecule has 0 spiro atoms. The Labute approximate surface area is 97.2 Å². The van der Waals surface area contributed by atoms with E-state index in [2.05, 4.69) is 0 Å². The molecule has 0 aromatic rings. The number of amides is 2. The molecular weight excluding hydrogens is 204 g/mol. The molecule has 16 heavy (non-hydrogen) atoms. The molecule has 0 radical (unpaired) electrons. The first-order valence-electron chi connectivity index (χ1n) is 5.74. The van der Waals surface area contributed by atoms with Crippen molar-refractivity contribution in [2.45, 2.75) is 46.6 Å². The number of carbonyl (C=O) groups excluding carboxylic acids is 2. The quantitative estimate of drug-likeness (QED) is 0.734. The molecule has 1 aliphatic heterocycles. The molecule has 0 saturated carbocycles. The third-order valence-corrected chi connectivity index (χ3v) is 3.79. The summed E-state index contributed by atoms with van der Waals surface area (Å²) >= 11 is 0. The molecule has 1 atom stereocenters. The lowest BCUT2D eigenvalue weighted by atomic mass is 9.86. The zero-order valence-corrected chi connectivity index (χ0v) is 10.8. The second-order valence-electron chi connectivity index (χ2n) is 5.81. The standard InChI is InChI=1S/C12H22N2O2/c1-8(2)12(5,7-13)14-9(15)6-11(3,4)10(14)16/h8H,6-7,13H2,1-5H3. The number of hydrogen-bond acceptors (Lipinski definition) is 3. The van der Waals surface area contributed by atoms with E-state index in [1.807, 2.05) is 34.6 Å². The summed E-state index contributed by atoms with van der Waals surface area (Å²) in [5, 5.41) is 0. The van der Waals surface area contributed by atoms with Gasteiger partial charge in [0.1, 0.15) is 0 Å². The van der Waals surface area contributed by atoms with Crippen molar-refractivity contribution in [2.75, 3.05) is 6.54 Å². The van der Waals surface area contributed by atoms with Crippen LogP contribution in [0, 0.1) is 11.3 Å². The van der Waals surface area contributed by atoms with Crippen LogP contribution in [0.2, 0.25) is 0 Å². The van der Waals surface area contributed by atoms with E-state index in [-0.39, 0.29) is 24.2 Å². The zero-order valence-electron chi connectivity index (χ0n) is 10.8. The molecule has 4 nitrogen and oxygen atoms in total. The van der Waals surface area contributed by atoms with Crippen molar-refractivity contribution < 1.29 is 9.59 Å². The Hall–Kier alpha value is -0.900. The molecule has 0 aromatic carbocycles. The molecule has 2 amide bonds. The van der Waals surface area contributed by atoms with Crippen molar-refractivity contribution in [3.8, 4) is 0 Å². The number of hydrogen-bond donors (Lipinski definition) is 1. The van der Waals surface area contributed by atoms with Crippen molar-refractivity contribution in [3.63, 3.8) is 0 Å². The molecule has 1 heterocycles. The summed E-state index contributed by atoms with van der Waals surface area (Å²) in [5.41, 5.74) is 4.61. The maximum atomic E-state index is 12.2. The zero-order chi connectivity index (χ0) is 12.7. The van der Waals surface area contributed by atoms with E-state index in [9.17, 15) is 9.59 Å². The summed E-state index contributed by atoms with van der Waals surface area (Å²) in [5.74, 6) is -0.0462. The number of nitrogens with zero attached hydrogens (tertiary/aromatic N) is 1. The van der Waals surface area contributed by atoms with E-state index in [0.29, 0.717) is 6.54 Å². The number of nitrogens with two attached hydrogens (primary N) is 1. The topological polar surface area (TPSA) is 63.4 Å². The summed E-state index contributed by atoms with van der Waals surface area (Å²) in [6.07, 6.45) is 0.286. The second-order valence-corrected chi connectivity index (χ2v) is 5.81. The van der Waals surface area contributed by atoms with Gasteiger partial charge in [-0.1, -0.05) is 27.7 Å². The van der Waals surface area contributed by atoms with Crippen LogP contribution >= 0.6 is 0 Å². The van der Waals surface area contributed by atoms with E-state index < -0.39 is 11.0 Å². The first kappa shape index (κ1) is 13.2. The van der Waals surface area contributed by atoms with Gasteiger partial charge in [0.2, 0.25) is 11.8 Å². The van der Waals surface area contributed by atoms with Crippen LogP contribution < -0.4 is 5.73 Å². The molecule has 1 unspecified atom stereocenters. The smallest absolute Gasteiger partial charge is 0.235 e. The molecular formula is C12H22N2O2. The largest absolute Gasteiger partial charge is 0.328 e. The molecule has 1 fully saturated rings. The molecule has 0 aliphatic carbocycles. The normalized spacial score (nSPS) is 24.1. The number of rotatable bonds is 3. The van der Waals surface area contributed by atoms with Crippen LogP contribution in [0.4, 0.5) is 0 Å². The van der Waals surface area contributed by atoms with Gasteiger partial charge in [-0.25, -0.2) is 0 Å². The highest BCUT2D eigenvalue weighted by Gasteiger charge is 2.52. The van der Waals surface area contributed by atoms with Gasteiger partial charge < -0.3 is 5.73 Å². The van der Waals surface area contributed by atoms with Crippen LogP contribution in [0.5, 0.6) is 0 Å².